The Kier molecular flexibility index (Phi) is 8.44. The number of carbonyl (C=O) groups excluding carboxylic acids is 2. The molecule has 6 heteroatoms. The van der Waals surface area contributed by atoms with Gasteiger partial charge in [-0.25, -0.2) is 10.3 Å². The van der Waals surface area contributed by atoms with Gasteiger partial charge in [-0.3, -0.25) is 9.63 Å². The van der Waals surface area contributed by atoms with Gasteiger partial charge in [0.25, 0.3) is 5.91 Å². The van der Waals surface area contributed by atoms with Crippen LogP contribution in [0.5, 0.6) is 0 Å². The van der Waals surface area contributed by atoms with Gasteiger partial charge in [0.15, 0.2) is 5.60 Å². The minimum atomic E-state index is -1.13. The van der Waals surface area contributed by atoms with Crippen LogP contribution in [0.25, 0.3) is 0 Å². The van der Waals surface area contributed by atoms with Crippen LogP contribution < -0.4 is 10.8 Å². The van der Waals surface area contributed by atoms with Crippen molar-refractivity contribution in [3.05, 3.63) is 120 Å². The van der Waals surface area contributed by atoms with E-state index < -0.39 is 29.2 Å². The molecule has 0 aliphatic rings. The van der Waals surface area contributed by atoms with Gasteiger partial charge >= 0.3 is 6.09 Å². The maximum absolute atomic E-state index is 13.2. The number of hydrogen-bond donors (Lipinski definition) is 2. The Morgan fingerprint density at radius 2 is 1.26 bits per heavy atom. The molecule has 0 saturated carbocycles. The fourth-order valence-electron chi connectivity index (χ4n) is 3.74. The van der Waals surface area contributed by atoms with E-state index in [1.165, 1.54) is 0 Å². The fourth-order valence-corrected chi connectivity index (χ4v) is 3.74. The summed E-state index contributed by atoms with van der Waals surface area (Å²) < 4.78 is 5.31. The second-order valence-electron chi connectivity index (χ2n) is 9.07. The number of alkyl carbamates (subject to hydrolysis) is 1. The highest BCUT2D eigenvalue weighted by Gasteiger charge is 2.39. The van der Waals surface area contributed by atoms with Crippen LogP contribution in [-0.2, 0) is 20.0 Å². The third-order valence-corrected chi connectivity index (χ3v) is 5.26. The number of hydrogen-bond acceptors (Lipinski definition) is 4. The highest BCUT2D eigenvalue weighted by atomic mass is 16.7. The van der Waals surface area contributed by atoms with E-state index in [1.807, 2.05) is 91.0 Å². The lowest BCUT2D eigenvalue weighted by Crippen LogP contribution is -2.50. The smallest absolute Gasteiger partial charge is 0.408 e. The molecular weight excluding hydrogens is 440 g/mol. The van der Waals surface area contributed by atoms with Gasteiger partial charge in [-0.05, 0) is 43.9 Å². The minimum absolute atomic E-state index is 0.198. The van der Waals surface area contributed by atoms with Gasteiger partial charge in [-0.1, -0.05) is 97.1 Å². The van der Waals surface area contributed by atoms with Gasteiger partial charge in [0.05, 0.1) is 0 Å². The van der Waals surface area contributed by atoms with E-state index in [-0.39, 0.29) is 6.42 Å². The average molecular weight is 473 g/mol. The van der Waals surface area contributed by atoms with E-state index in [4.69, 9.17) is 9.57 Å². The van der Waals surface area contributed by atoms with Gasteiger partial charge in [0.2, 0.25) is 0 Å². The number of rotatable bonds is 9. The molecule has 0 aromatic heterocycles. The summed E-state index contributed by atoms with van der Waals surface area (Å²) in [5.41, 5.74) is 3.28. The van der Waals surface area contributed by atoms with E-state index >= 15 is 0 Å². The number of benzene rings is 3. The average Bonchev–Trinajstić information content (AvgIpc) is 2.85. The topological polar surface area (TPSA) is 76.7 Å². The molecule has 0 aliphatic carbocycles. The van der Waals surface area contributed by atoms with E-state index in [0.717, 1.165) is 16.7 Å². The Balaban J connectivity index is 1.97. The predicted octanol–water partition coefficient (Wildman–Crippen LogP) is 5.50. The summed E-state index contributed by atoms with van der Waals surface area (Å²) >= 11 is 0. The first-order valence-corrected chi connectivity index (χ1v) is 11.5. The molecule has 3 rings (SSSR count). The molecule has 35 heavy (non-hydrogen) atoms. The van der Waals surface area contributed by atoms with E-state index in [2.05, 4.69) is 17.4 Å². The summed E-state index contributed by atoms with van der Waals surface area (Å²) in [4.78, 5) is 31.9. The van der Waals surface area contributed by atoms with Gasteiger partial charge in [-0.15, -0.1) is 6.58 Å². The molecule has 0 heterocycles. The lowest BCUT2D eigenvalue weighted by Gasteiger charge is -2.35. The molecular formula is C29H32N2O4. The molecule has 0 radical (unpaired) electrons. The van der Waals surface area contributed by atoms with Crippen molar-refractivity contribution >= 4 is 12.0 Å². The summed E-state index contributed by atoms with van der Waals surface area (Å²) in [5.74, 6) is -0.525. The second kappa shape index (κ2) is 11.5. The number of amides is 2. The highest BCUT2D eigenvalue weighted by molar-refractivity contribution is 5.85. The molecule has 0 aliphatic heterocycles. The van der Waals surface area contributed by atoms with Crippen LogP contribution in [0.4, 0.5) is 4.79 Å². The molecule has 6 nitrogen and oxygen atoms in total. The van der Waals surface area contributed by atoms with Gasteiger partial charge in [0.1, 0.15) is 11.6 Å². The Bertz CT molecular complexity index is 1010. The molecule has 0 saturated heterocycles. The molecule has 2 N–H and O–H groups in total. The third-order valence-electron chi connectivity index (χ3n) is 5.26. The van der Waals surface area contributed by atoms with Crippen molar-refractivity contribution in [3.63, 3.8) is 0 Å². The van der Waals surface area contributed by atoms with Crippen LogP contribution in [0.3, 0.4) is 0 Å². The summed E-state index contributed by atoms with van der Waals surface area (Å²) in [6.45, 7) is 8.97. The first kappa shape index (κ1) is 25.7. The Morgan fingerprint density at radius 3 is 1.63 bits per heavy atom. The second-order valence-corrected chi connectivity index (χ2v) is 9.07. The molecule has 182 valence electrons. The Morgan fingerprint density at radius 1 is 0.829 bits per heavy atom. The zero-order valence-corrected chi connectivity index (χ0v) is 20.4. The minimum Gasteiger partial charge on any atom is -0.444 e. The third kappa shape index (κ3) is 6.58. The number of hydroxylamine groups is 1. The predicted molar refractivity (Wildman–Crippen MR) is 136 cm³/mol. The van der Waals surface area contributed by atoms with Crippen molar-refractivity contribution < 1.29 is 19.2 Å². The standard InChI is InChI=1S/C29H32N2O4/c1-5-15-25(30-27(33)34-28(2,3)4)26(32)31-35-29(22-16-9-6-10-17-22,23-18-11-7-12-19-23)24-20-13-8-14-21-24/h5-14,16-21,25H,1,15H2,2-4H3,(H,30,33)(H,31,32). The molecule has 0 bridgehead atoms. The van der Waals surface area contributed by atoms with Crippen LogP contribution >= 0.6 is 0 Å². The van der Waals surface area contributed by atoms with E-state index in [1.54, 1.807) is 26.8 Å². The number of carbonyl (C=O) groups is 2. The van der Waals surface area contributed by atoms with Crippen LogP contribution in [0.2, 0.25) is 0 Å². The first-order valence-electron chi connectivity index (χ1n) is 11.5. The van der Waals surface area contributed by atoms with E-state index in [0.29, 0.717) is 0 Å². The molecule has 2 amide bonds. The summed E-state index contributed by atoms with van der Waals surface area (Å²) in [6.07, 6.45) is 1.06. The normalized spacial score (nSPS) is 12.3. The Hall–Kier alpha value is -3.90. The van der Waals surface area contributed by atoms with Gasteiger partial charge in [0, 0.05) is 0 Å². The number of ether oxygens (including phenoxy) is 1. The van der Waals surface area contributed by atoms with Gasteiger partial charge < -0.3 is 10.1 Å². The van der Waals surface area contributed by atoms with Crippen molar-refractivity contribution in [1.82, 2.24) is 10.8 Å². The highest BCUT2D eigenvalue weighted by Crippen LogP contribution is 2.39. The van der Waals surface area contributed by atoms with Crippen molar-refractivity contribution in [2.24, 2.45) is 0 Å². The fraction of sp³-hybridized carbons (Fsp3) is 0.241. The van der Waals surface area contributed by atoms with Crippen molar-refractivity contribution in [2.45, 2.75) is 44.4 Å². The summed E-state index contributed by atoms with van der Waals surface area (Å²) in [6, 6.07) is 28.1. The Labute approximate surface area is 206 Å². The molecule has 1 unspecified atom stereocenters. The van der Waals surface area contributed by atoms with Gasteiger partial charge in [-0.2, -0.15) is 0 Å². The maximum Gasteiger partial charge on any atom is 0.408 e. The molecule has 1 atom stereocenters. The largest absolute Gasteiger partial charge is 0.444 e. The SMILES string of the molecule is C=CCC(NC(=O)OC(C)(C)C)C(=O)NOC(c1ccccc1)(c1ccccc1)c1ccccc1. The summed E-state index contributed by atoms with van der Waals surface area (Å²) in [7, 11) is 0. The van der Waals surface area contributed by atoms with Crippen molar-refractivity contribution in [2.75, 3.05) is 0 Å². The quantitative estimate of drug-likeness (QED) is 0.245. The zero-order valence-electron chi connectivity index (χ0n) is 20.4. The molecule has 3 aromatic rings. The van der Waals surface area contributed by atoms with Crippen LogP contribution in [0.1, 0.15) is 43.9 Å². The maximum atomic E-state index is 13.2. The first-order chi connectivity index (χ1) is 16.8. The number of nitrogens with one attached hydrogen (secondary N) is 2. The monoisotopic (exact) mass is 472 g/mol. The van der Waals surface area contributed by atoms with Crippen LogP contribution in [0, 0.1) is 0 Å². The summed E-state index contributed by atoms with van der Waals surface area (Å²) in [5, 5.41) is 2.61. The van der Waals surface area contributed by atoms with Crippen LogP contribution in [0.15, 0.2) is 104 Å². The lowest BCUT2D eigenvalue weighted by atomic mass is 9.80. The van der Waals surface area contributed by atoms with Crippen molar-refractivity contribution in [1.29, 1.82) is 0 Å². The van der Waals surface area contributed by atoms with Crippen LogP contribution in [-0.4, -0.2) is 23.6 Å². The molecule has 0 spiro atoms. The molecule has 0 fully saturated rings. The lowest BCUT2D eigenvalue weighted by molar-refractivity contribution is -0.145. The zero-order chi connectivity index (χ0) is 25.3. The van der Waals surface area contributed by atoms with E-state index in [9.17, 15) is 9.59 Å². The van der Waals surface area contributed by atoms with Crippen molar-refractivity contribution in [3.8, 4) is 0 Å². The molecule has 3 aromatic carbocycles.